The first-order chi connectivity index (χ1) is 12.6. The Morgan fingerprint density at radius 1 is 1.26 bits per heavy atom. The molecule has 0 bridgehead atoms. The lowest BCUT2D eigenvalue weighted by molar-refractivity contribution is -0.154. The molecule has 1 aromatic rings. The van der Waals surface area contributed by atoms with E-state index in [2.05, 4.69) is 10.6 Å². The van der Waals surface area contributed by atoms with Crippen LogP contribution in [-0.4, -0.2) is 43.1 Å². The van der Waals surface area contributed by atoms with Crippen LogP contribution in [0, 0.1) is 17.2 Å². The summed E-state index contributed by atoms with van der Waals surface area (Å²) in [7, 11) is 1.48. The number of carbonyl (C=O) groups excluding carboxylic acids is 3. The zero-order valence-electron chi connectivity index (χ0n) is 16.2. The molecule has 0 heterocycles. The van der Waals surface area contributed by atoms with Gasteiger partial charge < -0.3 is 20.1 Å². The van der Waals surface area contributed by atoms with Crippen molar-refractivity contribution in [3.63, 3.8) is 0 Å². The molecule has 0 saturated heterocycles. The predicted octanol–water partition coefficient (Wildman–Crippen LogP) is 1.41. The van der Waals surface area contributed by atoms with Crippen molar-refractivity contribution < 1.29 is 23.9 Å². The van der Waals surface area contributed by atoms with Gasteiger partial charge >= 0.3 is 5.97 Å². The van der Waals surface area contributed by atoms with Gasteiger partial charge in [0.25, 0.3) is 11.8 Å². The Kier molecular flexibility index (Phi) is 7.79. The molecule has 2 unspecified atom stereocenters. The van der Waals surface area contributed by atoms with Crippen LogP contribution in [0.1, 0.15) is 38.1 Å². The molecule has 2 atom stereocenters. The van der Waals surface area contributed by atoms with Crippen LogP contribution < -0.4 is 15.4 Å². The average Bonchev–Trinajstić information content (AvgIpc) is 2.65. The van der Waals surface area contributed by atoms with Gasteiger partial charge in [-0.25, -0.2) is 0 Å². The van der Waals surface area contributed by atoms with Crippen molar-refractivity contribution in [1.82, 2.24) is 10.6 Å². The number of methoxy groups -OCH3 is 1. The van der Waals surface area contributed by atoms with Gasteiger partial charge in [0.05, 0.1) is 13.2 Å². The van der Waals surface area contributed by atoms with Crippen LogP contribution in [0.2, 0.25) is 0 Å². The fourth-order valence-electron chi connectivity index (χ4n) is 1.97. The molecule has 0 aliphatic rings. The number of nitrogens with one attached hydrogen (secondary N) is 2. The first-order valence-corrected chi connectivity index (χ1v) is 8.48. The Labute approximate surface area is 158 Å². The van der Waals surface area contributed by atoms with E-state index in [0.29, 0.717) is 11.3 Å². The summed E-state index contributed by atoms with van der Waals surface area (Å²) in [6.07, 6.45) is -1.10. The Hall–Kier alpha value is -3.08. The van der Waals surface area contributed by atoms with E-state index < -0.39 is 36.0 Å². The van der Waals surface area contributed by atoms with E-state index in [9.17, 15) is 19.6 Å². The van der Waals surface area contributed by atoms with Gasteiger partial charge in [-0.15, -0.1) is 0 Å². The second-order valence-corrected chi connectivity index (χ2v) is 6.50. The van der Waals surface area contributed by atoms with Crippen LogP contribution in [0.3, 0.4) is 0 Å². The summed E-state index contributed by atoms with van der Waals surface area (Å²) in [6.45, 7) is 6.20. The zero-order chi connectivity index (χ0) is 20.6. The number of carbonyl (C=O) groups is 3. The summed E-state index contributed by atoms with van der Waals surface area (Å²) in [5, 5.41) is 14.2. The molecule has 0 aliphatic heterocycles. The molecular weight excluding hydrogens is 350 g/mol. The molecule has 0 spiro atoms. The maximum Gasteiger partial charge on any atom is 0.326 e. The van der Waals surface area contributed by atoms with Gasteiger partial charge in [0.2, 0.25) is 0 Å². The highest BCUT2D eigenvalue weighted by Gasteiger charge is 2.32. The number of hydrogen-bond donors (Lipinski definition) is 2. The fraction of sp³-hybridized carbons (Fsp3) is 0.474. The molecule has 146 valence electrons. The van der Waals surface area contributed by atoms with Crippen LogP contribution in [0.15, 0.2) is 24.3 Å². The zero-order valence-corrected chi connectivity index (χ0v) is 16.2. The number of nitriles is 1. The topological polar surface area (TPSA) is 118 Å². The molecule has 27 heavy (non-hydrogen) atoms. The lowest BCUT2D eigenvalue weighted by Gasteiger charge is -2.28. The van der Waals surface area contributed by atoms with Crippen molar-refractivity contribution in [2.45, 2.75) is 39.3 Å². The van der Waals surface area contributed by atoms with Crippen molar-refractivity contribution in [1.29, 1.82) is 5.26 Å². The molecule has 0 radical (unpaired) electrons. The normalized spacial score (nSPS) is 13.7. The molecule has 0 aromatic heterocycles. The number of nitrogens with zero attached hydrogens (tertiary/aromatic N) is 1. The molecule has 0 saturated carbocycles. The lowest BCUT2D eigenvalue weighted by atomic mass is 9.90. The summed E-state index contributed by atoms with van der Waals surface area (Å²) in [5.41, 5.74) is -0.743. The third kappa shape index (κ3) is 6.29. The Bertz CT molecular complexity index is 741. The standard InChI is InChI=1S/C19H25N3O5/c1-12(2)19(4,11-20)22-17(24)13(3)27-16(23)10-21-18(25)14-7-6-8-15(9-14)26-5/h6-9,12-13H,10H2,1-5H3,(H,21,25)(H,22,24). The molecule has 8 heteroatoms. The fourth-order valence-corrected chi connectivity index (χ4v) is 1.97. The smallest absolute Gasteiger partial charge is 0.326 e. The van der Waals surface area contributed by atoms with Crippen molar-refractivity contribution in [2.75, 3.05) is 13.7 Å². The van der Waals surface area contributed by atoms with Gasteiger partial charge in [-0.3, -0.25) is 14.4 Å². The third-order valence-corrected chi connectivity index (χ3v) is 4.17. The van der Waals surface area contributed by atoms with E-state index in [0.717, 1.165) is 0 Å². The molecule has 1 rings (SSSR count). The van der Waals surface area contributed by atoms with Crippen molar-refractivity contribution in [3.05, 3.63) is 29.8 Å². The molecule has 8 nitrogen and oxygen atoms in total. The summed E-state index contributed by atoms with van der Waals surface area (Å²) in [5.74, 6) is -1.44. The monoisotopic (exact) mass is 375 g/mol. The minimum absolute atomic E-state index is 0.128. The second kappa shape index (κ2) is 9.57. The summed E-state index contributed by atoms with van der Waals surface area (Å²) in [4.78, 5) is 36.1. The van der Waals surface area contributed by atoms with Crippen LogP contribution in [0.25, 0.3) is 0 Å². The average molecular weight is 375 g/mol. The summed E-state index contributed by atoms with van der Waals surface area (Å²) < 4.78 is 10.0. The highest BCUT2D eigenvalue weighted by atomic mass is 16.5. The molecule has 0 aliphatic carbocycles. The molecular formula is C19H25N3O5. The van der Waals surface area contributed by atoms with Crippen molar-refractivity contribution in [3.8, 4) is 11.8 Å². The highest BCUT2D eigenvalue weighted by molar-refractivity contribution is 5.96. The quantitative estimate of drug-likeness (QED) is 0.664. The minimum Gasteiger partial charge on any atom is -0.497 e. The first-order valence-electron chi connectivity index (χ1n) is 8.48. The third-order valence-electron chi connectivity index (χ3n) is 4.17. The predicted molar refractivity (Wildman–Crippen MR) is 97.9 cm³/mol. The number of amides is 2. The van der Waals surface area contributed by atoms with Gasteiger partial charge in [0.15, 0.2) is 6.10 Å². The molecule has 0 fully saturated rings. The van der Waals surface area contributed by atoms with Gasteiger partial charge in [-0.2, -0.15) is 5.26 Å². The van der Waals surface area contributed by atoms with E-state index in [1.165, 1.54) is 20.1 Å². The van der Waals surface area contributed by atoms with E-state index in [4.69, 9.17) is 9.47 Å². The van der Waals surface area contributed by atoms with Crippen LogP contribution in [0.4, 0.5) is 0 Å². The molecule has 1 aromatic carbocycles. The SMILES string of the molecule is COc1cccc(C(=O)NCC(=O)OC(C)C(=O)NC(C)(C#N)C(C)C)c1. The first kappa shape index (κ1) is 22.0. The molecule has 2 N–H and O–H groups in total. The highest BCUT2D eigenvalue weighted by Crippen LogP contribution is 2.15. The van der Waals surface area contributed by atoms with E-state index >= 15 is 0 Å². The van der Waals surface area contributed by atoms with E-state index in [-0.39, 0.29) is 5.92 Å². The number of rotatable bonds is 8. The number of ether oxygens (including phenoxy) is 2. The van der Waals surface area contributed by atoms with Crippen molar-refractivity contribution in [2.24, 2.45) is 5.92 Å². The Morgan fingerprint density at radius 3 is 2.48 bits per heavy atom. The molecule has 2 amide bonds. The van der Waals surface area contributed by atoms with Crippen molar-refractivity contribution >= 4 is 17.8 Å². The minimum atomic E-state index is -1.10. The summed E-state index contributed by atoms with van der Waals surface area (Å²) >= 11 is 0. The summed E-state index contributed by atoms with van der Waals surface area (Å²) in [6, 6.07) is 8.50. The van der Waals surface area contributed by atoms with E-state index in [1.807, 2.05) is 6.07 Å². The van der Waals surface area contributed by atoms with Gasteiger partial charge in [0, 0.05) is 5.56 Å². The second-order valence-electron chi connectivity index (χ2n) is 6.50. The lowest BCUT2D eigenvalue weighted by Crippen LogP contribution is -2.52. The number of benzene rings is 1. The van der Waals surface area contributed by atoms with Crippen LogP contribution >= 0.6 is 0 Å². The van der Waals surface area contributed by atoms with Gasteiger partial charge in [0.1, 0.15) is 17.8 Å². The van der Waals surface area contributed by atoms with Gasteiger partial charge in [-0.05, 0) is 38.0 Å². The number of hydrogen-bond acceptors (Lipinski definition) is 6. The Balaban J connectivity index is 2.55. The maximum atomic E-state index is 12.1. The van der Waals surface area contributed by atoms with Gasteiger partial charge in [-0.1, -0.05) is 19.9 Å². The van der Waals surface area contributed by atoms with Crippen LogP contribution in [-0.2, 0) is 14.3 Å². The Morgan fingerprint density at radius 2 is 1.93 bits per heavy atom. The maximum absolute atomic E-state index is 12.1. The largest absolute Gasteiger partial charge is 0.497 e. The van der Waals surface area contributed by atoms with E-state index in [1.54, 1.807) is 39.0 Å². The van der Waals surface area contributed by atoms with Crippen LogP contribution in [0.5, 0.6) is 5.75 Å². The number of esters is 1.